The van der Waals surface area contributed by atoms with Gasteiger partial charge >= 0.3 is 0 Å². The van der Waals surface area contributed by atoms with Crippen LogP contribution in [0.15, 0.2) is 48.5 Å². The van der Waals surface area contributed by atoms with Gasteiger partial charge in [-0.2, -0.15) is 0 Å². The van der Waals surface area contributed by atoms with Crippen molar-refractivity contribution in [2.24, 2.45) is 0 Å². The second kappa shape index (κ2) is 7.12. The van der Waals surface area contributed by atoms with Crippen molar-refractivity contribution in [2.45, 2.75) is 33.7 Å². The van der Waals surface area contributed by atoms with E-state index in [1.807, 2.05) is 43.3 Å². The van der Waals surface area contributed by atoms with Gasteiger partial charge in [0.05, 0.1) is 0 Å². The Labute approximate surface area is 133 Å². The fraction of sp³-hybridized carbons (Fsp3) is 0.316. The van der Waals surface area contributed by atoms with Crippen LogP contribution in [0.25, 0.3) is 0 Å². The molecule has 0 atom stereocenters. The highest BCUT2D eigenvalue weighted by molar-refractivity contribution is 6.04. The molecule has 0 bridgehead atoms. The number of amides is 1. The fourth-order valence-corrected chi connectivity index (χ4v) is 2.57. The van der Waals surface area contributed by atoms with Gasteiger partial charge in [-0.15, -0.1) is 0 Å². The Morgan fingerprint density at radius 2 is 1.82 bits per heavy atom. The average Bonchev–Trinajstić information content (AvgIpc) is 2.49. The molecule has 3 heteroatoms. The van der Waals surface area contributed by atoms with E-state index in [0.717, 1.165) is 17.8 Å². The van der Waals surface area contributed by atoms with Gasteiger partial charge in [0.1, 0.15) is 0 Å². The molecule has 1 amide bonds. The molecule has 1 N–H and O–H groups in total. The molecule has 0 radical (unpaired) electrons. The molecular weight excluding hydrogens is 272 g/mol. The van der Waals surface area contributed by atoms with Gasteiger partial charge in [0.2, 0.25) is 0 Å². The Balaban J connectivity index is 2.09. The maximum Gasteiger partial charge on any atom is 0.255 e. The van der Waals surface area contributed by atoms with Crippen molar-refractivity contribution in [3.05, 3.63) is 59.7 Å². The summed E-state index contributed by atoms with van der Waals surface area (Å²) in [5, 5.41) is 2.94. The Hall–Kier alpha value is -2.29. The van der Waals surface area contributed by atoms with Crippen LogP contribution >= 0.6 is 0 Å². The molecule has 3 nitrogen and oxygen atoms in total. The van der Waals surface area contributed by atoms with E-state index in [9.17, 15) is 4.79 Å². The smallest absolute Gasteiger partial charge is 0.255 e. The number of hydrogen-bond donors (Lipinski definition) is 1. The molecule has 0 saturated carbocycles. The summed E-state index contributed by atoms with van der Waals surface area (Å²) in [5.41, 5.74) is 3.75. The lowest BCUT2D eigenvalue weighted by molar-refractivity contribution is 0.102. The molecule has 2 aromatic rings. The molecule has 2 aromatic carbocycles. The highest BCUT2D eigenvalue weighted by atomic mass is 16.1. The molecule has 0 heterocycles. The number of anilines is 2. The first-order chi connectivity index (χ1) is 10.5. The van der Waals surface area contributed by atoms with Crippen LogP contribution in [0.2, 0.25) is 0 Å². The number of carbonyl (C=O) groups excluding carboxylic acids is 1. The third-order valence-corrected chi connectivity index (χ3v) is 3.70. The second-order valence-corrected chi connectivity index (χ2v) is 5.75. The van der Waals surface area contributed by atoms with Crippen LogP contribution < -0.4 is 10.2 Å². The molecule has 0 aliphatic carbocycles. The quantitative estimate of drug-likeness (QED) is 0.882. The van der Waals surface area contributed by atoms with Gasteiger partial charge in [0.25, 0.3) is 5.91 Å². The lowest BCUT2D eigenvalue weighted by Gasteiger charge is -2.27. The fourth-order valence-electron chi connectivity index (χ4n) is 2.57. The second-order valence-electron chi connectivity index (χ2n) is 5.75. The van der Waals surface area contributed by atoms with E-state index >= 15 is 0 Å². The van der Waals surface area contributed by atoms with Crippen molar-refractivity contribution < 1.29 is 4.79 Å². The van der Waals surface area contributed by atoms with Gasteiger partial charge in [0.15, 0.2) is 0 Å². The Bertz CT molecular complexity index is 632. The van der Waals surface area contributed by atoms with E-state index in [0.29, 0.717) is 11.6 Å². The first kappa shape index (κ1) is 16.1. The minimum absolute atomic E-state index is 0.0762. The van der Waals surface area contributed by atoms with Gasteiger partial charge in [-0.25, -0.2) is 0 Å². The zero-order valence-corrected chi connectivity index (χ0v) is 13.8. The van der Waals surface area contributed by atoms with Gasteiger partial charge in [-0.05, 0) is 64.1 Å². The lowest BCUT2D eigenvalue weighted by Crippen LogP contribution is -2.30. The number of carbonyl (C=O) groups is 1. The maximum atomic E-state index is 12.2. The van der Waals surface area contributed by atoms with Crippen LogP contribution in [0, 0.1) is 6.92 Å². The van der Waals surface area contributed by atoms with E-state index in [4.69, 9.17) is 0 Å². The Morgan fingerprint density at radius 1 is 1.14 bits per heavy atom. The van der Waals surface area contributed by atoms with Crippen molar-refractivity contribution in [1.29, 1.82) is 0 Å². The molecule has 116 valence electrons. The number of aryl methyl sites for hydroxylation is 1. The number of nitrogens with zero attached hydrogens (tertiary/aromatic N) is 1. The van der Waals surface area contributed by atoms with Crippen LogP contribution in [-0.2, 0) is 0 Å². The van der Waals surface area contributed by atoms with E-state index in [1.165, 1.54) is 5.69 Å². The van der Waals surface area contributed by atoms with Crippen molar-refractivity contribution in [2.75, 3.05) is 16.8 Å². The number of nitrogens with one attached hydrogen (secondary N) is 1. The number of benzene rings is 2. The highest BCUT2D eigenvalue weighted by Crippen LogP contribution is 2.20. The third kappa shape index (κ3) is 3.88. The van der Waals surface area contributed by atoms with Crippen molar-refractivity contribution >= 4 is 17.3 Å². The number of rotatable bonds is 5. The summed E-state index contributed by atoms with van der Waals surface area (Å²) in [5.74, 6) is -0.0762. The zero-order valence-electron chi connectivity index (χ0n) is 13.8. The maximum absolute atomic E-state index is 12.2. The van der Waals surface area contributed by atoms with Crippen LogP contribution in [-0.4, -0.2) is 18.5 Å². The summed E-state index contributed by atoms with van der Waals surface area (Å²) < 4.78 is 0. The predicted molar refractivity (Wildman–Crippen MR) is 93.7 cm³/mol. The summed E-state index contributed by atoms with van der Waals surface area (Å²) >= 11 is 0. The molecule has 2 rings (SSSR count). The molecular formula is C19H24N2O. The van der Waals surface area contributed by atoms with Gasteiger partial charge in [-0.3, -0.25) is 4.79 Å². The molecule has 0 spiro atoms. The van der Waals surface area contributed by atoms with Crippen molar-refractivity contribution in [3.63, 3.8) is 0 Å². The van der Waals surface area contributed by atoms with E-state index in [-0.39, 0.29) is 5.91 Å². The standard InChI is InChI=1S/C19H24N2O/c1-5-21(14(2)3)18-11-9-17(10-12-18)20-19(22)16-8-6-7-15(4)13-16/h6-14H,5H2,1-4H3,(H,20,22). The summed E-state index contributed by atoms with van der Waals surface area (Å²) in [4.78, 5) is 14.5. The summed E-state index contributed by atoms with van der Waals surface area (Å²) in [6.45, 7) is 9.45. The van der Waals surface area contributed by atoms with Crippen molar-refractivity contribution in [3.8, 4) is 0 Å². The monoisotopic (exact) mass is 296 g/mol. The first-order valence-corrected chi connectivity index (χ1v) is 7.76. The molecule has 0 aliphatic rings. The van der Waals surface area contributed by atoms with Gasteiger partial charge < -0.3 is 10.2 Å². The van der Waals surface area contributed by atoms with Crippen LogP contribution in [0.5, 0.6) is 0 Å². The summed E-state index contributed by atoms with van der Waals surface area (Å²) in [6.07, 6.45) is 0. The van der Waals surface area contributed by atoms with E-state index in [2.05, 4.69) is 43.1 Å². The van der Waals surface area contributed by atoms with Crippen LogP contribution in [0.4, 0.5) is 11.4 Å². The number of hydrogen-bond acceptors (Lipinski definition) is 2. The van der Waals surface area contributed by atoms with E-state index in [1.54, 1.807) is 0 Å². The SMILES string of the molecule is CCN(c1ccc(NC(=O)c2cccc(C)c2)cc1)C(C)C. The molecule has 0 fully saturated rings. The first-order valence-electron chi connectivity index (χ1n) is 7.76. The largest absolute Gasteiger partial charge is 0.369 e. The Kier molecular flexibility index (Phi) is 5.21. The average molecular weight is 296 g/mol. The molecule has 0 aromatic heterocycles. The molecule has 0 aliphatic heterocycles. The highest BCUT2D eigenvalue weighted by Gasteiger charge is 2.09. The summed E-state index contributed by atoms with van der Waals surface area (Å²) in [6, 6.07) is 16.1. The topological polar surface area (TPSA) is 32.3 Å². The van der Waals surface area contributed by atoms with Crippen LogP contribution in [0.1, 0.15) is 36.7 Å². The third-order valence-electron chi connectivity index (χ3n) is 3.70. The molecule has 0 saturated heterocycles. The summed E-state index contributed by atoms with van der Waals surface area (Å²) in [7, 11) is 0. The Morgan fingerprint density at radius 3 is 2.36 bits per heavy atom. The van der Waals surface area contributed by atoms with Gasteiger partial charge in [0, 0.05) is 29.5 Å². The normalized spacial score (nSPS) is 10.6. The van der Waals surface area contributed by atoms with Crippen molar-refractivity contribution in [1.82, 2.24) is 0 Å². The van der Waals surface area contributed by atoms with Gasteiger partial charge in [-0.1, -0.05) is 17.7 Å². The molecule has 0 unspecified atom stereocenters. The minimum Gasteiger partial charge on any atom is -0.369 e. The minimum atomic E-state index is -0.0762. The van der Waals surface area contributed by atoms with Crippen LogP contribution in [0.3, 0.4) is 0 Å². The lowest BCUT2D eigenvalue weighted by atomic mass is 10.1. The predicted octanol–water partition coefficient (Wildman–Crippen LogP) is 4.48. The van der Waals surface area contributed by atoms with E-state index < -0.39 is 0 Å². The zero-order chi connectivity index (χ0) is 16.1. The molecule has 22 heavy (non-hydrogen) atoms.